The van der Waals surface area contributed by atoms with Crippen molar-refractivity contribution >= 4 is 11.8 Å². The standard InChI is InChI=1S/C21H30FN3O3/c1-23(2)19(26)9-15-12-25(11-14-7-5-6-8-16(14)22)17-13-28-18(21(15)17)10-20(27)24(3)4/h5-8,15,17-18,21H,9-13H2,1-4H3/t15-,17-,18+,21-/m1/s1. The van der Waals surface area contributed by atoms with E-state index in [9.17, 15) is 14.0 Å². The van der Waals surface area contributed by atoms with E-state index in [1.54, 1.807) is 50.1 Å². The second kappa shape index (κ2) is 8.57. The maximum absolute atomic E-state index is 14.2. The highest BCUT2D eigenvalue weighted by atomic mass is 19.1. The molecule has 0 saturated carbocycles. The Morgan fingerprint density at radius 1 is 1.11 bits per heavy atom. The Balaban J connectivity index is 1.79. The summed E-state index contributed by atoms with van der Waals surface area (Å²) in [5.74, 6) is 0.0656. The number of carbonyl (C=O) groups is 2. The SMILES string of the molecule is CN(C)C(=O)C[C@@H]1CN(Cc2ccccc2F)[C@@H]2CO[C@@H](CC(=O)N(C)C)[C@H]12. The van der Waals surface area contributed by atoms with Gasteiger partial charge >= 0.3 is 0 Å². The summed E-state index contributed by atoms with van der Waals surface area (Å²) >= 11 is 0. The van der Waals surface area contributed by atoms with Gasteiger partial charge in [0.15, 0.2) is 0 Å². The minimum Gasteiger partial charge on any atom is -0.376 e. The predicted molar refractivity (Wildman–Crippen MR) is 104 cm³/mol. The van der Waals surface area contributed by atoms with Gasteiger partial charge < -0.3 is 14.5 Å². The van der Waals surface area contributed by atoms with Gasteiger partial charge in [-0.1, -0.05) is 18.2 Å². The average Bonchev–Trinajstić information content (AvgIpc) is 3.19. The van der Waals surface area contributed by atoms with Gasteiger partial charge in [-0.15, -0.1) is 0 Å². The minimum atomic E-state index is -0.217. The molecule has 6 nitrogen and oxygen atoms in total. The molecule has 0 aromatic heterocycles. The van der Waals surface area contributed by atoms with Gasteiger partial charge in [-0.05, 0) is 12.0 Å². The highest BCUT2D eigenvalue weighted by Crippen LogP contribution is 2.42. The Morgan fingerprint density at radius 3 is 2.39 bits per heavy atom. The Hall–Kier alpha value is -1.99. The van der Waals surface area contributed by atoms with Crippen molar-refractivity contribution in [2.24, 2.45) is 11.8 Å². The number of likely N-dealkylation sites (tertiary alicyclic amines) is 1. The van der Waals surface area contributed by atoms with Crippen molar-refractivity contribution in [1.29, 1.82) is 0 Å². The molecule has 28 heavy (non-hydrogen) atoms. The van der Waals surface area contributed by atoms with Crippen molar-refractivity contribution < 1.29 is 18.7 Å². The molecule has 0 N–H and O–H groups in total. The third-order valence-corrected chi connectivity index (χ3v) is 5.98. The number of amides is 2. The molecule has 2 aliphatic rings. The smallest absolute Gasteiger partial charge is 0.224 e. The van der Waals surface area contributed by atoms with Crippen LogP contribution in [0.2, 0.25) is 0 Å². The quantitative estimate of drug-likeness (QED) is 0.739. The number of hydrogen-bond donors (Lipinski definition) is 0. The fourth-order valence-corrected chi connectivity index (χ4v) is 4.40. The molecule has 1 aromatic carbocycles. The molecule has 0 bridgehead atoms. The third-order valence-electron chi connectivity index (χ3n) is 5.98. The summed E-state index contributed by atoms with van der Waals surface area (Å²) in [5.41, 5.74) is 0.647. The maximum Gasteiger partial charge on any atom is 0.224 e. The Morgan fingerprint density at radius 2 is 1.75 bits per heavy atom. The molecule has 7 heteroatoms. The molecule has 0 aliphatic carbocycles. The van der Waals surface area contributed by atoms with E-state index in [2.05, 4.69) is 4.90 Å². The Kier molecular flexibility index (Phi) is 6.35. The van der Waals surface area contributed by atoms with Gasteiger partial charge in [0.25, 0.3) is 0 Å². The van der Waals surface area contributed by atoms with Gasteiger partial charge in [0.2, 0.25) is 11.8 Å². The first-order valence-corrected chi connectivity index (χ1v) is 9.77. The molecule has 0 radical (unpaired) electrons. The zero-order valence-corrected chi connectivity index (χ0v) is 17.1. The minimum absolute atomic E-state index is 0.0240. The lowest BCUT2D eigenvalue weighted by molar-refractivity contribution is -0.131. The number of fused-ring (bicyclic) bond motifs is 1. The highest BCUT2D eigenvalue weighted by Gasteiger charge is 2.51. The van der Waals surface area contributed by atoms with Crippen LogP contribution in [0.3, 0.4) is 0 Å². The summed E-state index contributed by atoms with van der Waals surface area (Å²) in [6, 6.07) is 6.89. The number of hydrogen-bond acceptors (Lipinski definition) is 4. The lowest BCUT2D eigenvalue weighted by atomic mass is 9.84. The molecule has 154 valence electrons. The van der Waals surface area contributed by atoms with Crippen molar-refractivity contribution in [2.45, 2.75) is 31.5 Å². The van der Waals surface area contributed by atoms with Crippen LogP contribution in [0, 0.1) is 17.7 Å². The largest absolute Gasteiger partial charge is 0.376 e. The van der Waals surface area contributed by atoms with Gasteiger partial charge in [0.05, 0.1) is 19.1 Å². The number of nitrogens with zero attached hydrogens (tertiary/aromatic N) is 3. The highest BCUT2D eigenvalue weighted by molar-refractivity contribution is 5.77. The van der Waals surface area contributed by atoms with Gasteiger partial charge in [0, 0.05) is 65.2 Å². The molecule has 0 unspecified atom stereocenters. The third kappa shape index (κ3) is 4.36. The van der Waals surface area contributed by atoms with Crippen LogP contribution in [-0.4, -0.2) is 80.0 Å². The number of benzene rings is 1. The van der Waals surface area contributed by atoms with Crippen LogP contribution < -0.4 is 0 Å². The molecule has 3 rings (SSSR count). The van der Waals surface area contributed by atoms with Crippen LogP contribution in [0.25, 0.3) is 0 Å². The average molecular weight is 391 g/mol. The first-order chi connectivity index (χ1) is 13.3. The van der Waals surface area contributed by atoms with Gasteiger partial charge in [-0.25, -0.2) is 4.39 Å². The summed E-state index contributed by atoms with van der Waals surface area (Å²) < 4.78 is 20.2. The first-order valence-electron chi connectivity index (χ1n) is 9.77. The molecule has 4 atom stereocenters. The summed E-state index contributed by atoms with van der Waals surface area (Å²) in [4.78, 5) is 30.0. The summed E-state index contributed by atoms with van der Waals surface area (Å²) in [7, 11) is 6.98. The summed E-state index contributed by atoms with van der Waals surface area (Å²) in [6.45, 7) is 1.70. The molecule has 2 saturated heterocycles. The van der Waals surface area contributed by atoms with E-state index in [4.69, 9.17) is 4.74 Å². The van der Waals surface area contributed by atoms with E-state index in [0.717, 1.165) is 0 Å². The van der Waals surface area contributed by atoms with Crippen LogP contribution in [0.1, 0.15) is 18.4 Å². The number of carbonyl (C=O) groups excluding carboxylic acids is 2. The lowest BCUT2D eigenvalue weighted by Crippen LogP contribution is -2.35. The van der Waals surface area contributed by atoms with Crippen LogP contribution in [0.4, 0.5) is 4.39 Å². The zero-order chi connectivity index (χ0) is 20.4. The van der Waals surface area contributed by atoms with Crippen LogP contribution >= 0.6 is 0 Å². The topological polar surface area (TPSA) is 53.1 Å². The molecular weight excluding hydrogens is 361 g/mol. The van der Waals surface area contributed by atoms with Crippen molar-refractivity contribution in [1.82, 2.24) is 14.7 Å². The molecule has 2 fully saturated rings. The Bertz CT molecular complexity index is 725. The molecule has 0 spiro atoms. The van der Waals surface area contributed by atoms with Crippen molar-refractivity contribution in [3.63, 3.8) is 0 Å². The monoisotopic (exact) mass is 391 g/mol. The molecule has 2 aliphatic heterocycles. The zero-order valence-electron chi connectivity index (χ0n) is 17.1. The number of rotatable bonds is 6. The van der Waals surface area contributed by atoms with E-state index >= 15 is 0 Å². The van der Waals surface area contributed by atoms with Gasteiger partial charge in [0.1, 0.15) is 5.82 Å². The fourth-order valence-electron chi connectivity index (χ4n) is 4.40. The van der Waals surface area contributed by atoms with Crippen molar-refractivity contribution in [3.05, 3.63) is 35.6 Å². The molecule has 1 aromatic rings. The second-order valence-corrected chi connectivity index (χ2v) is 8.28. The van der Waals surface area contributed by atoms with E-state index in [-0.39, 0.29) is 41.6 Å². The van der Waals surface area contributed by atoms with E-state index in [1.165, 1.54) is 6.07 Å². The summed E-state index contributed by atoms with van der Waals surface area (Å²) in [6.07, 6.45) is 0.525. The van der Waals surface area contributed by atoms with Crippen LogP contribution in [0.5, 0.6) is 0 Å². The molecular formula is C21H30FN3O3. The number of ether oxygens (including phenoxy) is 1. The van der Waals surface area contributed by atoms with Crippen molar-refractivity contribution in [2.75, 3.05) is 41.3 Å². The lowest BCUT2D eigenvalue weighted by Gasteiger charge is -2.24. The van der Waals surface area contributed by atoms with Crippen molar-refractivity contribution in [3.8, 4) is 0 Å². The maximum atomic E-state index is 14.2. The van der Waals surface area contributed by atoms with Gasteiger partial charge in [-0.3, -0.25) is 14.5 Å². The Labute approximate surface area is 166 Å². The first kappa shape index (κ1) is 20.7. The second-order valence-electron chi connectivity index (χ2n) is 8.28. The normalized spacial score (nSPS) is 26.9. The van der Waals surface area contributed by atoms with E-state index in [1.807, 2.05) is 6.07 Å². The van der Waals surface area contributed by atoms with Crippen LogP contribution in [-0.2, 0) is 20.9 Å². The molecule has 2 heterocycles. The van der Waals surface area contributed by atoms with Gasteiger partial charge in [-0.2, -0.15) is 0 Å². The predicted octanol–water partition coefficient (Wildman–Crippen LogP) is 1.60. The van der Waals surface area contributed by atoms with Crippen LogP contribution in [0.15, 0.2) is 24.3 Å². The number of halogens is 1. The van der Waals surface area contributed by atoms with E-state index in [0.29, 0.717) is 38.1 Å². The fraction of sp³-hybridized carbons (Fsp3) is 0.619. The van der Waals surface area contributed by atoms with E-state index < -0.39 is 0 Å². The molecule has 2 amide bonds. The summed E-state index contributed by atoms with van der Waals surface area (Å²) in [5, 5.41) is 0.